The quantitative estimate of drug-likeness (QED) is 0.731. The number of hydrogen-bond donors (Lipinski definition) is 3. The summed E-state index contributed by atoms with van der Waals surface area (Å²) in [7, 11) is 0. The lowest BCUT2D eigenvalue weighted by Crippen LogP contribution is -2.27. The highest BCUT2D eigenvalue weighted by molar-refractivity contribution is 5.91. The molecule has 0 bridgehead atoms. The molecule has 1 aliphatic heterocycles. The van der Waals surface area contributed by atoms with Crippen LogP contribution in [0, 0.1) is 0 Å². The number of aryl methyl sites for hydroxylation is 1. The molecule has 104 valence electrons. The number of carbonyl (C=O) groups is 1. The fraction of sp³-hybridized carbons (Fsp3) is 0.533. The minimum atomic E-state index is 0.0682. The molecule has 3 N–H and O–H groups in total. The molecule has 1 saturated heterocycles. The number of nitrogens with one attached hydrogen (secondary N) is 2. The van der Waals surface area contributed by atoms with Gasteiger partial charge in [-0.1, -0.05) is 12.1 Å². The van der Waals surface area contributed by atoms with Gasteiger partial charge in [0.2, 0.25) is 5.91 Å². The van der Waals surface area contributed by atoms with Crippen molar-refractivity contribution in [2.24, 2.45) is 0 Å². The maximum absolute atomic E-state index is 11.9. The summed E-state index contributed by atoms with van der Waals surface area (Å²) in [6.45, 7) is 1.22. The Balaban J connectivity index is 1.85. The van der Waals surface area contributed by atoms with Gasteiger partial charge in [-0.25, -0.2) is 0 Å². The molecule has 0 radical (unpaired) electrons. The number of aliphatic hydroxyl groups is 1. The van der Waals surface area contributed by atoms with Gasteiger partial charge in [-0.05, 0) is 49.9 Å². The maximum Gasteiger partial charge on any atom is 0.225 e. The van der Waals surface area contributed by atoms with E-state index in [-0.39, 0.29) is 12.5 Å². The summed E-state index contributed by atoms with van der Waals surface area (Å²) in [6.07, 6.45) is 4.38. The Morgan fingerprint density at radius 3 is 3.11 bits per heavy atom. The number of carbonyl (C=O) groups excluding carboxylic acids is 1. The van der Waals surface area contributed by atoms with E-state index in [2.05, 4.69) is 10.6 Å². The third-order valence-corrected chi connectivity index (χ3v) is 3.43. The second-order valence-electron chi connectivity index (χ2n) is 5.07. The minimum absolute atomic E-state index is 0.0682. The van der Waals surface area contributed by atoms with Crippen LogP contribution in [0.3, 0.4) is 0 Å². The number of aliphatic hydroxyl groups excluding tert-OH is 1. The number of rotatable bonds is 6. The molecule has 1 atom stereocenters. The van der Waals surface area contributed by atoms with Gasteiger partial charge in [-0.3, -0.25) is 4.79 Å². The standard InChI is InChI=1S/C15H22N2O2/c18-9-3-5-12-4-1-6-14(10-12)17-15(19)11-13-7-2-8-16-13/h1,4,6,10,13,16,18H,2-3,5,7-9,11H2,(H,17,19). The van der Waals surface area contributed by atoms with Crippen molar-refractivity contribution in [3.8, 4) is 0 Å². The van der Waals surface area contributed by atoms with Crippen LogP contribution in [0.2, 0.25) is 0 Å². The Hall–Kier alpha value is -1.39. The molecular formula is C15H22N2O2. The molecule has 0 aromatic heterocycles. The van der Waals surface area contributed by atoms with Gasteiger partial charge in [0, 0.05) is 24.8 Å². The number of anilines is 1. The highest BCUT2D eigenvalue weighted by Gasteiger charge is 2.17. The highest BCUT2D eigenvalue weighted by atomic mass is 16.2. The summed E-state index contributed by atoms with van der Waals surface area (Å²) >= 11 is 0. The summed E-state index contributed by atoms with van der Waals surface area (Å²) in [6, 6.07) is 8.18. The first-order chi connectivity index (χ1) is 9.28. The fourth-order valence-electron chi connectivity index (χ4n) is 2.45. The van der Waals surface area contributed by atoms with Crippen molar-refractivity contribution >= 4 is 11.6 Å². The van der Waals surface area contributed by atoms with Gasteiger partial charge in [-0.15, -0.1) is 0 Å². The van der Waals surface area contributed by atoms with Crippen LogP contribution in [0.5, 0.6) is 0 Å². The number of amides is 1. The van der Waals surface area contributed by atoms with Gasteiger partial charge in [0.1, 0.15) is 0 Å². The molecule has 0 saturated carbocycles. The summed E-state index contributed by atoms with van der Waals surface area (Å²) in [5, 5.41) is 15.1. The lowest BCUT2D eigenvalue weighted by atomic mass is 10.1. The van der Waals surface area contributed by atoms with Crippen LogP contribution in [-0.2, 0) is 11.2 Å². The van der Waals surface area contributed by atoms with Gasteiger partial charge < -0.3 is 15.7 Å². The molecule has 1 amide bonds. The second kappa shape index (κ2) is 7.26. The Morgan fingerprint density at radius 1 is 1.47 bits per heavy atom. The second-order valence-corrected chi connectivity index (χ2v) is 5.07. The molecule has 1 fully saturated rings. The van der Waals surface area contributed by atoms with Crippen LogP contribution in [0.25, 0.3) is 0 Å². The normalized spacial score (nSPS) is 18.5. The molecular weight excluding hydrogens is 240 g/mol. The maximum atomic E-state index is 11.9. The number of benzene rings is 1. The summed E-state index contributed by atoms with van der Waals surface area (Å²) < 4.78 is 0. The molecule has 0 spiro atoms. The topological polar surface area (TPSA) is 61.4 Å². The molecule has 1 aromatic rings. The largest absolute Gasteiger partial charge is 0.396 e. The molecule has 0 aliphatic carbocycles. The van der Waals surface area contributed by atoms with E-state index in [1.165, 1.54) is 0 Å². The van der Waals surface area contributed by atoms with Crippen molar-refractivity contribution in [3.05, 3.63) is 29.8 Å². The van der Waals surface area contributed by atoms with Crippen molar-refractivity contribution in [2.45, 2.75) is 38.1 Å². The smallest absolute Gasteiger partial charge is 0.225 e. The zero-order valence-corrected chi connectivity index (χ0v) is 11.2. The lowest BCUT2D eigenvalue weighted by Gasteiger charge is -2.11. The van der Waals surface area contributed by atoms with E-state index in [1.54, 1.807) is 0 Å². The lowest BCUT2D eigenvalue weighted by molar-refractivity contribution is -0.116. The number of hydrogen-bond acceptors (Lipinski definition) is 3. The van der Waals surface area contributed by atoms with E-state index in [4.69, 9.17) is 5.11 Å². The molecule has 4 heteroatoms. The molecule has 1 unspecified atom stereocenters. The van der Waals surface area contributed by atoms with E-state index < -0.39 is 0 Å². The molecule has 1 aliphatic rings. The minimum Gasteiger partial charge on any atom is -0.396 e. The Morgan fingerprint density at radius 2 is 2.37 bits per heavy atom. The van der Waals surface area contributed by atoms with Gasteiger partial charge in [0.05, 0.1) is 0 Å². The highest BCUT2D eigenvalue weighted by Crippen LogP contribution is 2.14. The average Bonchev–Trinajstić information content (AvgIpc) is 2.89. The van der Waals surface area contributed by atoms with E-state index in [0.717, 1.165) is 43.5 Å². The Labute approximate surface area is 114 Å². The predicted octanol–water partition coefficient (Wildman–Crippen LogP) is 1.69. The van der Waals surface area contributed by atoms with Crippen molar-refractivity contribution in [1.82, 2.24) is 5.32 Å². The average molecular weight is 262 g/mol. The fourth-order valence-corrected chi connectivity index (χ4v) is 2.45. The van der Waals surface area contributed by atoms with Crippen molar-refractivity contribution < 1.29 is 9.90 Å². The molecule has 19 heavy (non-hydrogen) atoms. The summed E-state index contributed by atoms with van der Waals surface area (Å²) in [5.41, 5.74) is 1.99. The van der Waals surface area contributed by atoms with Crippen molar-refractivity contribution in [1.29, 1.82) is 0 Å². The van der Waals surface area contributed by atoms with E-state index in [9.17, 15) is 4.79 Å². The molecule has 1 heterocycles. The van der Waals surface area contributed by atoms with E-state index in [0.29, 0.717) is 12.5 Å². The van der Waals surface area contributed by atoms with Crippen molar-refractivity contribution in [2.75, 3.05) is 18.5 Å². The Kier molecular flexibility index (Phi) is 5.36. The summed E-state index contributed by atoms with van der Waals surface area (Å²) in [5.74, 6) is 0.0682. The molecule has 1 aromatic carbocycles. The van der Waals surface area contributed by atoms with Gasteiger partial charge in [0.25, 0.3) is 0 Å². The van der Waals surface area contributed by atoms with Crippen LogP contribution in [0.1, 0.15) is 31.2 Å². The van der Waals surface area contributed by atoms with Crippen LogP contribution in [-0.4, -0.2) is 30.2 Å². The van der Waals surface area contributed by atoms with Crippen LogP contribution >= 0.6 is 0 Å². The first kappa shape index (κ1) is 14.0. The third kappa shape index (κ3) is 4.65. The summed E-state index contributed by atoms with van der Waals surface area (Å²) in [4.78, 5) is 11.9. The zero-order chi connectivity index (χ0) is 13.5. The van der Waals surface area contributed by atoms with Crippen molar-refractivity contribution in [3.63, 3.8) is 0 Å². The van der Waals surface area contributed by atoms with Crippen LogP contribution in [0.4, 0.5) is 5.69 Å². The van der Waals surface area contributed by atoms with Gasteiger partial charge in [0.15, 0.2) is 0 Å². The van der Waals surface area contributed by atoms with Gasteiger partial charge >= 0.3 is 0 Å². The first-order valence-corrected chi connectivity index (χ1v) is 7.01. The third-order valence-electron chi connectivity index (χ3n) is 3.43. The van der Waals surface area contributed by atoms with Crippen LogP contribution in [0.15, 0.2) is 24.3 Å². The van der Waals surface area contributed by atoms with E-state index in [1.807, 2.05) is 24.3 Å². The van der Waals surface area contributed by atoms with Gasteiger partial charge in [-0.2, -0.15) is 0 Å². The first-order valence-electron chi connectivity index (χ1n) is 7.01. The zero-order valence-electron chi connectivity index (χ0n) is 11.2. The molecule has 4 nitrogen and oxygen atoms in total. The SMILES string of the molecule is O=C(CC1CCCN1)Nc1cccc(CCCO)c1. The van der Waals surface area contributed by atoms with E-state index >= 15 is 0 Å². The Bertz CT molecular complexity index is 414. The molecule has 2 rings (SSSR count). The van der Waals surface area contributed by atoms with Crippen LogP contribution < -0.4 is 10.6 Å². The predicted molar refractivity (Wildman–Crippen MR) is 76.1 cm³/mol. The monoisotopic (exact) mass is 262 g/mol.